The Bertz CT molecular complexity index is 581. The lowest BCUT2D eigenvalue weighted by Crippen LogP contribution is -2.35. The second-order valence-corrected chi connectivity index (χ2v) is 8.12. The number of amides is 1. The number of carbonyl (C=O) groups excluding carboxylic acids is 1. The van der Waals surface area contributed by atoms with Crippen LogP contribution < -0.4 is 5.32 Å². The number of nitrogens with one attached hydrogen (secondary N) is 1. The molecule has 2 aliphatic rings. The number of carbonyl (C=O) groups is 1. The van der Waals surface area contributed by atoms with Gasteiger partial charge in [0.2, 0.25) is 5.91 Å². The minimum absolute atomic E-state index is 0.114. The van der Waals surface area contributed by atoms with Crippen molar-refractivity contribution < 1.29 is 9.53 Å². The van der Waals surface area contributed by atoms with Crippen molar-refractivity contribution in [2.24, 2.45) is 11.8 Å². The van der Waals surface area contributed by atoms with Crippen LogP contribution in [0.15, 0.2) is 18.2 Å². The predicted molar refractivity (Wildman–Crippen MR) is 109 cm³/mol. The zero-order chi connectivity index (χ0) is 18.9. The maximum atomic E-state index is 12.9. The summed E-state index contributed by atoms with van der Waals surface area (Å²) in [7, 11) is 0. The third-order valence-corrected chi connectivity index (χ3v) is 5.90. The largest absolute Gasteiger partial charge is 0.379 e. The van der Waals surface area contributed by atoms with E-state index in [4.69, 9.17) is 4.74 Å². The van der Waals surface area contributed by atoms with Gasteiger partial charge in [-0.3, -0.25) is 9.69 Å². The molecule has 1 aromatic heterocycles. The normalized spacial score (nSPS) is 20.3. The fourth-order valence-electron chi connectivity index (χ4n) is 4.38. The molecular weight excluding hydrogens is 338 g/mol. The minimum Gasteiger partial charge on any atom is -0.379 e. The number of nitrogens with zero attached hydrogens (tertiary/aromatic N) is 2. The maximum Gasteiger partial charge on any atom is 0.228 e. The van der Waals surface area contributed by atoms with Crippen molar-refractivity contribution in [3.05, 3.63) is 23.9 Å². The molecule has 150 valence electrons. The highest BCUT2D eigenvalue weighted by Crippen LogP contribution is 2.31. The van der Waals surface area contributed by atoms with Crippen LogP contribution in [0.2, 0.25) is 0 Å². The number of ether oxygens (including phenoxy) is 1. The van der Waals surface area contributed by atoms with Crippen molar-refractivity contribution in [3.8, 4) is 0 Å². The first-order valence-corrected chi connectivity index (χ1v) is 10.8. The molecule has 1 N–H and O–H groups in total. The predicted octanol–water partition coefficient (Wildman–Crippen LogP) is 4.24. The van der Waals surface area contributed by atoms with Gasteiger partial charge in [0.15, 0.2) is 0 Å². The molecule has 1 amide bonds. The molecule has 1 saturated carbocycles. The molecule has 3 rings (SSSR count). The summed E-state index contributed by atoms with van der Waals surface area (Å²) in [6.07, 6.45) is 9.66. The number of anilines is 1. The van der Waals surface area contributed by atoms with E-state index in [9.17, 15) is 4.79 Å². The van der Waals surface area contributed by atoms with E-state index in [1.807, 2.05) is 18.2 Å². The summed E-state index contributed by atoms with van der Waals surface area (Å²) in [6.45, 7) is 6.44. The van der Waals surface area contributed by atoms with E-state index < -0.39 is 0 Å². The Morgan fingerprint density at radius 1 is 1.26 bits per heavy atom. The summed E-state index contributed by atoms with van der Waals surface area (Å²) in [4.78, 5) is 19.9. The Balaban J connectivity index is 1.56. The van der Waals surface area contributed by atoms with Gasteiger partial charge in [-0.2, -0.15) is 0 Å². The molecule has 0 radical (unpaired) electrons. The van der Waals surface area contributed by atoms with Gasteiger partial charge in [0.25, 0.3) is 0 Å². The molecule has 0 spiro atoms. The SMILES string of the molecule is CCCC(CC1CCCCC1)C(=O)Nc1cccc(CN2CCOCC2)n1. The van der Waals surface area contributed by atoms with Gasteiger partial charge in [0.1, 0.15) is 5.82 Å². The highest BCUT2D eigenvalue weighted by Gasteiger charge is 2.24. The lowest BCUT2D eigenvalue weighted by Gasteiger charge is -2.26. The van der Waals surface area contributed by atoms with Crippen LogP contribution in [-0.4, -0.2) is 42.1 Å². The summed E-state index contributed by atoms with van der Waals surface area (Å²) in [5, 5.41) is 3.10. The second kappa shape index (κ2) is 10.8. The van der Waals surface area contributed by atoms with Crippen molar-refractivity contribution >= 4 is 11.7 Å². The summed E-state index contributed by atoms with van der Waals surface area (Å²) in [5.41, 5.74) is 1.01. The van der Waals surface area contributed by atoms with Gasteiger partial charge in [0, 0.05) is 25.6 Å². The quantitative estimate of drug-likeness (QED) is 0.740. The highest BCUT2D eigenvalue weighted by molar-refractivity contribution is 5.91. The molecule has 0 bridgehead atoms. The molecule has 1 aliphatic carbocycles. The first-order valence-electron chi connectivity index (χ1n) is 10.8. The van der Waals surface area contributed by atoms with E-state index in [1.165, 1.54) is 32.1 Å². The van der Waals surface area contributed by atoms with E-state index in [-0.39, 0.29) is 11.8 Å². The van der Waals surface area contributed by atoms with Crippen LogP contribution in [0.3, 0.4) is 0 Å². The highest BCUT2D eigenvalue weighted by atomic mass is 16.5. The zero-order valence-corrected chi connectivity index (χ0v) is 16.8. The Labute approximate surface area is 163 Å². The van der Waals surface area contributed by atoms with Gasteiger partial charge in [-0.25, -0.2) is 4.98 Å². The molecule has 1 atom stereocenters. The van der Waals surface area contributed by atoms with E-state index in [0.717, 1.165) is 63.7 Å². The topological polar surface area (TPSA) is 54.5 Å². The maximum absolute atomic E-state index is 12.9. The Hall–Kier alpha value is -1.46. The number of rotatable bonds is 8. The lowest BCUT2D eigenvalue weighted by molar-refractivity contribution is -0.120. The van der Waals surface area contributed by atoms with Crippen molar-refractivity contribution in [3.63, 3.8) is 0 Å². The van der Waals surface area contributed by atoms with Crippen LogP contribution in [0.4, 0.5) is 5.82 Å². The van der Waals surface area contributed by atoms with Gasteiger partial charge >= 0.3 is 0 Å². The van der Waals surface area contributed by atoms with Crippen LogP contribution in [0.5, 0.6) is 0 Å². The van der Waals surface area contributed by atoms with Crippen LogP contribution in [-0.2, 0) is 16.1 Å². The Morgan fingerprint density at radius 3 is 2.78 bits per heavy atom. The first kappa shape index (κ1) is 20.3. The van der Waals surface area contributed by atoms with Gasteiger partial charge in [-0.15, -0.1) is 0 Å². The number of pyridine rings is 1. The van der Waals surface area contributed by atoms with Crippen LogP contribution in [0.25, 0.3) is 0 Å². The van der Waals surface area contributed by atoms with Crippen molar-refractivity contribution in [2.75, 3.05) is 31.6 Å². The summed E-state index contributed by atoms with van der Waals surface area (Å²) < 4.78 is 5.41. The fourth-order valence-corrected chi connectivity index (χ4v) is 4.38. The average molecular weight is 374 g/mol. The smallest absolute Gasteiger partial charge is 0.228 e. The molecule has 5 nitrogen and oxygen atoms in total. The molecule has 2 fully saturated rings. The Kier molecular flexibility index (Phi) is 8.09. The summed E-state index contributed by atoms with van der Waals surface area (Å²) in [6, 6.07) is 5.94. The monoisotopic (exact) mass is 373 g/mol. The van der Waals surface area contributed by atoms with E-state index >= 15 is 0 Å². The summed E-state index contributed by atoms with van der Waals surface area (Å²) >= 11 is 0. The number of hydrogen-bond donors (Lipinski definition) is 1. The molecule has 27 heavy (non-hydrogen) atoms. The molecule has 1 aromatic rings. The van der Waals surface area contributed by atoms with Crippen LogP contribution >= 0.6 is 0 Å². The van der Waals surface area contributed by atoms with Gasteiger partial charge in [-0.05, 0) is 30.9 Å². The van der Waals surface area contributed by atoms with Crippen LogP contribution in [0.1, 0.15) is 64.0 Å². The molecule has 1 unspecified atom stereocenters. The van der Waals surface area contributed by atoms with Crippen molar-refractivity contribution in [2.45, 2.75) is 64.8 Å². The first-order chi connectivity index (χ1) is 13.2. The fraction of sp³-hybridized carbons (Fsp3) is 0.727. The number of aromatic nitrogens is 1. The average Bonchev–Trinajstić information content (AvgIpc) is 2.69. The summed E-state index contributed by atoms with van der Waals surface area (Å²) in [5.74, 6) is 1.68. The van der Waals surface area contributed by atoms with Crippen molar-refractivity contribution in [1.29, 1.82) is 0 Å². The van der Waals surface area contributed by atoms with Gasteiger partial charge < -0.3 is 10.1 Å². The second-order valence-electron chi connectivity index (χ2n) is 8.12. The number of hydrogen-bond acceptors (Lipinski definition) is 4. The molecular formula is C22H35N3O2. The van der Waals surface area contributed by atoms with E-state index in [0.29, 0.717) is 5.82 Å². The third kappa shape index (κ3) is 6.58. The van der Waals surface area contributed by atoms with Gasteiger partial charge in [-0.1, -0.05) is 51.5 Å². The van der Waals surface area contributed by atoms with E-state index in [1.54, 1.807) is 0 Å². The standard InChI is InChI=1S/C22H35N3O2/c1-2-7-19(16-18-8-4-3-5-9-18)22(26)24-21-11-6-10-20(23-21)17-25-12-14-27-15-13-25/h6,10-11,18-19H,2-5,7-9,12-17H2,1H3,(H,23,24,26). The molecule has 5 heteroatoms. The minimum atomic E-state index is 0.114. The van der Waals surface area contributed by atoms with Crippen molar-refractivity contribution in [1.82, 2.24) is 9.88 Å². The molecule has 0 aromatic carbocycles. The Morgan fingerprint density at radius 2 is 2.04 bits per heavy atom. The number of morpholine rings is 1. The van der Waals surface area contributed by atoms with Gasteiger partial charge in [0.05, 0.1) is 18.9 Å². The third-order valence-electron chi connectivity index (χ3n) is 5.90. The van der Waals surface area contributed by atoms with Crippen LogP contribution in [0, 0.1) is 11.8 Å². The molecule has 1 aliphatic heterocycles. The molecule has 1 saturated heterocycles. The molecule has 2 heterocycles. The van der Waals surface area contributed by atoms with E-state index in [2.05, 4.69) is 22.1 Å². The lowest BCUT2D eigenvalue weighted by atomic mass is 9.81. The zero-order valence-electron chi connectivity index (χ0n) is 16.8.